The molecular formula is C9H8BrClN4S. The fourth-order valence-corrected chi connectivity index (χ4v) is 2.33. The van der Waals surface area contributed by atoms with Gasteiger partial charge in [0.2, 0.25) is 5.28 Å². The van der Waals surface area contributed by atoms with Gasteiger partial charge in [-0.2, -0.15) is 4.98 Å². The van der Waals surface area contributed by atoms with E-state index in [4.69, 9.17) is 11.6 Å². The maximum Gasteiger partial charge on any atom is 0.224 e. The molecule has 0 saturated heterocycles. The van der Waals surface area contributed by atoms with Crippen molar-refractivity contribution in [2.24, 2.45) is 0 Å². The van der Waals surface area contributed by atoms with E-state index in [1.807, 2.05) is 13.1 Å². The lowest BCUT2D eigenvalue weighted by Gasteiger charge is -2.05. The summed E-state index contributed by atoms with van der Waals surface area (Å²) in [6.45, 7) is 2.66. The molecule has 2 heterocycles. The Kier molecular flexibility index (Phi) is 3.73. The second kappa shape index (κ2) is 5.07. The van der Waals surface area contributed by atoms with E-state index >= 15 is 0 Å². The first kappa shape index (κ1) is 11.8. The van der Waals surface area contributed by atoms with Crippen molar-refractivity contribution >= 4 is 44.7 Å². The van der Waals surface area contributed by atoms with E-state index in [-0.39, 0.29) is 5.28 Å². The van der Waals surface area contributed by atoms with Gasteiger partial charge < -0.3 is 5.32 Å². The fourth-order valence-electron chi connectivity index (χ4n) is 1.13. The van der Waals surface area contributed by atoms with Crippen LogP contribution in [0.4, 0.5) is 5.82 Å². The molecule has 0 saturated carbocycles. The number of nitrogens with one attached hydrogen (secondary N) is 1. The molecule has 0 atom stereocenters. The zero-order valence-electron chi connectivity index (χ0n) is 8.37. The van der Waals surface area contributed by atoms with Gasteiger partial charge in [0, 0.05) is 17.3 Å². The number of hydrogen-bond donors (Lipinski definition) is 1. The van der Waals surface area contributed by atoms with Crippen LogP contribution in [0.2, 0.25) is 5.28 Å². The Morgan fingerprint density at radius 1 is 1.44 bits per heavy atom. The van der Waals surface area contributed by atoms with Gasteiger partial charge in [0.25, 0.3) is 0 Å². The van der Waals surface area contributed by atoms with E-state index < -0.39 is 0 Å². The molecule has 0 aliphatic carbocycles. The van der Waals surface area contributed by atoms with E-state index in [9.17, 15) is 0 Å². The molecule has 2 aromatic heterocycles. The second-order valence-corrected chi connectivity index (χ2v) is 5.55. The van der Waals surface area contributed by atoms with Crippen molar-refractivity contribution < 1.29 is 0 Å². The summed E-state index contributed by atoms with van der Waals surface area (Å²) in [5.41, 5.74) is 0. The SMILES string of the molecule is Cc1ncc(CNc2nc(Cl)ncc2Br)s1. The fraction of sp³-hybridized carbons (Fsp3) is 0.222. The van der Waals surface area contributed by atoms with Crippen LogP contribution in [0.5, 0.6) is 0 Å². The predicted molar refractivity (Wildman–Crippen MR) is 68.9 cm³/mol. The molecule has 0 amide bonds. The minimum absolute atomic E-state index is 0.228. The molecule has 2 aromatic rings. The summed E-state index contributed by atoms with van der Waals surface area (Å²) in [5.74, 6) is 0.686. The number of halogens is 2. The largest absolute Gasteiger partial charge is 0.364 e. The Morgan fingerprint density at radius 3 is 2.94 bits per heavy atom. The first-order chi connectivity index (χ1) is 7.65. The quantitative estimate of drug-likeness (QED) is 0.882. The van der Waals surface area contributed by atoms with Gasteiger partial charge in [-0.15, -0.1) is 11.3 Å². The first-order valence-corrected chi connectivity index (χ1v) is 6.47. The minimum atomic E-state index is 0.228. The highest BCUT2D eigenvalue weighted by Crippen LogP contribution is 2.21. The summed E-state index contributed by atoms with van der Waals surface area (Å²) in [6, 6.07) is 0. The van der Waals surface area contributed by atoms with E-state index in [1.165, 1.54) is 0 Å². The predicted octanol–water partition coefficient (Wildman–Crippen LogP) is 3.27. The van der Waals surface area contributed by atoms with Crippen LogP contribution in [0, 0.1) is 6.92 Å². The molecule has 0 spiro atoms. The number of nitrogens with zero attached hydrogens (tertiary/aromatic N) is 3. The summed E-state index contributed by atoms with van der Waals surface area (Å²) < 4.78 is 0.790. The van der Waals surface area contributed by atoms with E-state index in [1.54, 1.807) is 17.5 Å². The number of hydrogen-bond acceptors (Lipinski definition) is 5. The smallest absolute Gasteiger partial charge is 0.224 e. The van der Waals surface area contributed by atoms with Gasteiger partial charge in [0.05, 0.1) is 16.0 Å². The molecule has 0 aliphatic heterocycles. The molecule has 4 nitrogen and oxygen atoms in total. The Morgan fingerprint density at radius 2 is 2.25 bits per heavy atom. The zero-order valence-corrected chi connectivity index (χ0v) is 11.5. The van der Waals surface area contributed by atoms with E-state index in [2.05, 4.69) is 36.2 Å². The number of thiazole rings is 1. The number of anilines is 1. The molecule has 0 unspecified atom stereocenters. The zero-order chi connectivity index (χ0) is 11.5. The lowest BCUT2D eigenvalue weighted by molar-refractivity contribution is 1.08. The molecule has 0 radical (unpaired) electrons. The summed E-state index contributed by atoms with van der Waals surface area (Å²) in [6.07, 6.45) is 3.47. The highest BCUT2D eigenvalue weighted by atomic mass is 79.9. The molecule has 0 aliphatic rings. The van der Waals surface area contributed by atoms with Crippen LogP contribution >= 0.6 is 38.9 Å². The van der Waals surface area contributed by atoms with Gasteiger partial charge in [-0.3, -0.25) is 0 Å². The summed E-state index contributed by atoms with van der Waals surface area (Å²) in [5, 5.41) is 4.45. The highest BCUT2D eigenvalue weighted by Gasteiger charge is 2.04. The van der Waals surface area contributed by atoms with Gasteiger partial charge in [-0.1, -0.05) is 0 Å². The summed E-state index contributed by atoms with van der Waals surface area (Å²) in [7, 11) is 0. The van der Waals surface area contributed by atoms with Crippen LogP contribution in [0.25, 0.3) is 0 Å². The number of aromatic nitrogens is 3. The Labute approximate surface area is 110 Å². The average molecular weight is 320 g/mol. The summed E-state index contributed by atoms with van der Waals surface area (Å²) in [4.78, 5) is 13.3. The number of rotatable bonds is 3. The second-order valence-electron chi connectivity index (χ2n) is 3.03. The van der Waals surface area contributed by atoms with Crippen molar-refractivity contribution in [3.63, 3.8) is 0 Å². The molecule has 16 heavy (non-hydrogen) atoms. The van der Waals surface area contributed by atoms with Gasteiger partial charge in [-0.05, 0) is 34.5 Å². The van der Waals surface area contributed by atoms with Gasteiger partial charge in [-0.25, -0.2) is 9.97 Å². The third-order valence-corrected chi connectivity index (χ3v) is 3.49. The van der Waals surface area contributed by atoms with Crippen LogP contribution in [0.1, 0.15) is 9.88 Å². The van der Waals surface area contributed by atoms with E-state index in [0.717, 1.165) is 14.4 Å². The van der Waals surface area contributed by atoms with Crippen molar-refractivity contribution in [3.05, 3.63) is 32.0 Å². The van der Waals surface area contributed by atoms with Gasteiger partial charge in [0.1, 0.15) is 5.82 Å². The third-order valence-electron chi connectivity index (χ3n) is 1.81. The van der Waals surface area contributed by atoms with Crippen molar-refractivity contribution in [2.75, 3.05) is 5.32 Å². The molecular weight excluding hydrogens is 312 g/mol. The Balaban J connectivity index is 2.07. The Hall–Kier alpha value is -0.720. The highest BCUT2D eigenvalue weighted by molar-refractivity contribution is 9.10. The molecule has 0 bridgehead atoms. The minimum Gasteiger partial charge on any atom is -0.364 e. The Bertz CT molecular complexity index is 502. The molecule has 2 rings (SSSR count). The standard InChI is InChI=1S/C9H8BrClN4S/c1-5-12-2-6(16-5)3-13-8-7(10)4-14-9(11)15-8/h2,4H,3H2,1H3,(H,13,14,15). The van der Waals surface area contributed by atoms with Crippen molar-refractivity contribution in [2.45, 2.75) is 13.5 Å². The average Bonchev–Trinajstić information content (AvgIpc) is 2.66. The number of aryl methyl sites for hydroxylation is 1. The molecule has 0 aromatic carbocycles. The third kappa shape index (κ3) is 2.90. The van der Waals surface area contributed by atoms with Crippen LogP contribution < -0.4 is 5.32 Å². The topological polar surface area (TPSA) is 50.7 Å². The lowest BCUT2D eigenvalue weighted by atomic mass is 10.5. The molecule has 84 valence electrons. The van der Waals surface area contributed by atoms with Gasteiger partial charge >= 0.3 is 0 Å². The maximum absolute atomic E-state index is 5.71. The van der Waals surface area contributed by atoms with Crippen LogP contribution in [0.15, 0.2) is 16.9 Å². The van der Waals surface area contributed by atoms with Crippen molar-refractivity contribution in [1.29, 1.82) is 0 Å². The molecule has 0 fully saturated rings. The van der Waals surface area contributed by atoms with Crippen LogP contribution in [-0.2, 0) is 6.54 Å². The summed E-state index contributed by atoms with van der Waals surface area (Å²) >= 11 is 10.7. The lowest BCUT2D eigenvalue weighted by Crippen LogP contribution is -2.01. The molecule has 1 N–H and O–H groups in total. The van der Waals surface area contributed by atoms with Crippen molar-refractivity contribution in [1.82, 2.24) is 15.0 Å². The molecule has 7 heteroatoms. The first-order valence-electron chi connectivity index (χ1n) is 4.48. The van der Waals surface area contributed by atoms with Gasteiger partial charge in [0.15, 0.2) is 0 Å². The van der Waals surface area contributed by atoms with Crippen LogP contribution in [-0.4, -0.2) is 15.0 Å². The normalized spacial score (nSPS) is 10.4. The maximum atomic E-state index is 5.71. The monoisotopic (exact) mass is 318 g/mol. The van der Waals surface area contributed by atoms with Crippen molar-refractivity contribution in [3.8, 4) is 0 Å². The van der Waals surface area contributed by atoms with E-state index in [0.29, 0.717) is 12.4 Å². The van der Waals surface area contributed by atoms with Crippen LogP contribution in [0.3, 0.4) is 0 Å².